The third kappa shape index (κ3) is 1.76. The van der Waals surface area contributed by atoms with Crippen molar-refractivity contribution in [1.29, 1.82) is 0 Å². The molecule has 4 rings (SSSR count). The average Bonchev–Trinajstić information content (AvgIpc) is 3.29. The van der Waals surface area contributed by atoms with Gasteiger partial charge in [0.1, 0.15) is 6.10 Å². The minimum absolute atomic E-state index is 0.00173. The molecule has 2 saturated heterocycles. The van der Waals surface area contributed by atoms with Crippen LogP contribution in [0.3, 0.4) is 0 Å². The number of hydrogen-bond donors (Lipinski definition) is 0. The van der Waals surface area contributed by atoms with Crippen LogP contribution in [0.2, 0.25) is 0 Å². The van der Waals surface area contributed by atoms with E-state index in [0.29, 0.717) is 17.7 Å². The molecule has 0 aliphatic carbocycles. The molecule has 0 saturated carbocycles. The quantitative estimate of drug-likeness (QED) is 0.578. The van der Waals surface area contributed by atoms with Gasteiger partial charge in [-0.3, -0.25) is 14.5 Å². The van der Waals surface area contributed by atoms with Gasteiger partial charge in [0.25, 0.3) is 11.8 Å². The first kappa shape index (κ1) is 12.0. The number of epoxide rings is 1. The Morgan fingerprint density at radius 1 is 0.900 bits per heavy atom. The van der Waals surface area contributed by atoms with Gasteiger partial charge in [0.05, 0.1) is 37.0 Å². The predicted molar refractivity (Wildman–Crippen MR) is 66.2 cm³/mol. The first-order valence-corrected chi connectivity index (χ1v) is 6.57. The van der Waals surface area contributed by atoms with Crippen molar-refractivity contribution in [3.63, 3.8) is 0 Å². The van der Waals surface area contributed by atoms with Gasteiger partial charge in [-0.1, -0.05) is 12.1 Å². The van der Waals surface area contributed by atoms with E-state index in [2.05, 4.69) is 0 Å². The molecule has 1 aromatic rings. The van der Waals surface area contributed by atoms with Crippen LogP contribution in [0, 0.1) is 0 Å². The van der Waals surface area contributed by atoms with Gasteiger partial charge in [0, 0.05) is 0 Å². The van der Waals surface area contributed by atoms with Gasteiger partial charge < -0.3 is 14.2 Å². The van der Waals surface area contributed by atoms with E-state index in [1.54, 1.807) is 24.3 Å². The van der Waals surface area contributed by atoms with Gasteiger partial charge in [0.15, 0.2) is 6.29 Å². The van der Waals surface area contributed by atoms with Crippen LogP contribution in [-0.4, -0.2) is 55.0 Å². The van der Waals surface area contributed by atoms with Gasteiger partial charge in [-0.25, -0.2) is 0 Å². The number of amides is 2. The van der Waals surface area contributed by atoms with Crippen molar-refractivity contribution >= 4 is 11.8 Å². The predicted octanol–water partition coefficient (Wildman–Crippen LogP) is 0.423. The van der Waals surface area contributed by atoms with E-state index in [1.807, 2.05) is 0 Å². The summed E-state index contributed by atoms with van der Waals surface area (Å²) < 4.78 is 16.2. The van der Waals surface area contributed by atoms with E-state index in [-0.39, 0.29) is 43.5 Å². The Balaban J connectivity index is 1.53. The van der Waals surface area contributed by atoms with Crippen LogP contribution < -0.4 is 0 Å². The molecule has 0 radical (unpaired) electrons. The van der Waals surface area contributed by atoms with Gasteiger partial charge in [0.2, 0.25) is 0 Å². The molecule has 104 valence electrons. The first-order valence-electron chi connectivity index (χ1n) is 6.57. The van der Waals surface area contributed by atoms with E-state index in [4.69, 9.17) is 14.2 Å². The second-order valence-electron chi connectivity index (χ2n) is 5.09. The highest BCUT2D eigenvalue weighted by molar-refractivity contribution is 6.21. The van der Waals surface area contributed by atoms with Crippen LogP contribution in [0.15, 0.2) is 24.3 Å². The lowest BCUT2D eigenvalue weighted by Gasteiger charge is -2.33. The molecule has 0 unspecified atom stereocenters. The highest BCUT2D eigenvalue weighted by Gasteiger charge is 2.44. The lowest BCUT2D eigenvalue weighted by Crippen LogP contribution is -2.50. The second-order valence-corrected chi connectivity index (χ2v) is 5.09. The van der Waals surface area contributed by atoms with Crippen molar-refractivity contribution in [2.45, 2.75) is 18.4 Å². The number of fused-ring (bicyclic) bond motifs is 1. The number of ether oxygens (including phenoxy) is 3. The van der Waals surface area contributed by atoms with Crippen molar-refractivity contribution in [2.24, 2.45) is 0 Å². The summed E-state index contributed by atoms with van der Waals surface area (Å²) in [7, 11) is 0. The summed E-state index contributed by atoms with van der Waals surface area (Å²) in [5.74, 6) is -0.548. The molecule has 1 aromatic carbocycles. The van der Waals surface area contributed by atoms with Gasteiger partial charge >= 0.3 is 0 Å². The Hall–Kier alpha value is -1.76. The van der Waals surface area contributed by atoms with E-state index in [9.17, 15) is 9.59 Å². The highest BCUT2D eigenvalue weighted by Crippen LogP contribution is 2.28. The molecule has 0 N–H and O–H groups in total. The average molecular weight is 275 g/mol. The molecule has 0 spiro atoms. The Morgan fingerprint density at radius 2 is 1.45 bits per heavy atom. The third-order valence-electron chi connectivity index (χ3n) is 3.76. The van der Waals surface area contributed by atoms with Gasteiger partial charge in [-0.15, -0.1) is 0 Å². The number of carbonyl (C=O) groups excluding carboxylic acids is 2. The summed E-state index contributed by atoms with van der Waals surface area (Å²) in [5.41, 5.74) is 0.898. The maximum Gasteiger partial charge on any atom is 0.261 e. The molecular formula is C14H13NO5. The maximum atomic E-state index is 12.3. The SMILES string of the molecule is O=C1c2ccccc2C(=O)N1[C@H]1CO[C@H]([C@H]2CO2)OC1. The largest absolute Gasteiger partial charge is 0.368 e. The summed E-state index contributed by atoms with van der Waals surface area (Å²) in [4.78, 5) is 25.9. The summed E-state index contributed by atoms with van der Waals surface area (Å²) in [6, 6.07) is 6.46. The molecular weight excluding hydrogens is 262 g/mol. The van der Waals surface area contributed by atoms with Crippen LogP contribution in [0.5, 0.6) is 0 Å². The van der Waals surface area contributed by atoms with Crippen molar-refractivity contribution < 1.29 is 23.8 Å². The van der Waals surface area contributed by atoms with Crippen molar-refractivity contribution in [3.05, 3.63) is 35.4 Å². The molecule has 1 atom stereocenters. The van der Waals surface area contributed by atoms with Crippen LogP contribution in [0.25, 0.3) is 0 Å². The van der Waals surface area contributed by atoms with Crippen LogP contribution in [0.4, 0.5) is 0 Å². The summed E-state index contributed by atoms with van der Waals surface area (Å²) >= 11 is 0. The lowest BCUT2D eigenvalue weighted by molar-refractivity contribution is -0.205. The molecule has 3 aliphatic rings. The van der Waals surface area contributed by atoms with Crippen molar-refractivity contribution in [2.75, 3.05) is 19.8 Å². The molecule has 3 aliphatic heterocycles. The first-order chi connectivity index (χ1) is 9.75. The van der Waals surface area contributed by atoms with Gasteiger partial charge in [-0.2, -0.15) is 0 Å². The molecule has 6 nitrogen and oxygen atoms in total. The molecule has 6 heteroatoms. The number of benzene rings is 1. The van der Waals surface area contributed by atoms with E-state index < -0.39 is 0 Å². The van der Waals surface area contributed by atoms with E-state index in [1.165, 1.54) is 4.90 Å². The number of nitrogens with zero attached hydrogens (tertiary/aromatic N) is 1. The zero-order valence-electron chi connectivity index (χ0n) is 10.7. The monoisotopic (exact) mass is 275 g/mol. The van der Waals surface area contributed by atoms with E-state index in [0.717, 1.165) is 0 Å². The molecule has 3 heterocycles. The fourth-order valence-electron chi connectivity index (χ4n) is 2.62. The molecule has 0 aromatic heterocycles. The van der Waals surface area contributed by atoms with Crippen LogP contribution in [-0.2, 0) is 14.2 Å². The van der Waals surface area contributed by atoms with Crippen molar-refractivity contribution in [1.82, 2.24) is 4.90 Å². The zero-order chi connectivity index (χ0) is 13.7. The number of rotatable bonds is 2. The smallest absolute Gasteiger partial charge is 0.261 e. The Morgan fingerprint density at radius 3 is 1.95 bits per heavy atom. The normalized spacial score (nSPS) is 32.4. The summed E-state index contributed by atoms with van der Waals surface area (Å²) in [6.07, 6.45) is -0.375. The fraction of sp³-hybridized carbons (Fsp3) is 0.429. The zero-order valence-corrected chi connectivity index (χ0v) is 10.7. The number of hydrogen-bond acceptors (Lipinski definition) is 5. The Labute approximate surface area is 115 Å². The minimum atomic E-state index is -0.377. The Kier molecular flexibility index (Phi) is 2.63. The molecule has 20 heavy (non-hydrogen) atoms. The summed E-state index contributed by atoms with van der Waals surface area (Å²) in [5, 5.41) is 0. The number of imide groups is 1. The number of carbonyl (C=O) groups is 2. The van der Waals surface area contributed by atoms with Gasteiger partial charge in [-0.05, 0) is 12.1 Å². The second kappa shape index (κ2) is 4.37. The fourth-order valence-corrected chi connectivity index (χ4v) is 2.62. The third-order valence-corrected chi connectivity index (χ3v) is 3.76. The molecule has 2 amide bonds. The Bertz CT molecular complexity index is 540. The standard InChI is InChI=1S/C14H13NO5/c16-12-9-3-1-2-4-10(9)13(17)15(12)8-5-19-14(20-6-8)11-7-18-11/h1-4,8,11,14H,5-7H2/t8-,11-,14-/m1/s1. The maximum absolute atomic E-state index is 12.3. The lowest BCUT2D eigenvalue weighted by atomic mass is 10.1. The topological polar surface area (TPSA) is 68.4 Å². The highest BCUT2D eigenvalue weighted by atomic mass is 16.7. The van der Waals surface area contributed by atoms with Crippen LogP contribution in [0.1, 0.15) is 20.7 Å². The van der Waals surface area contributed by atoms with E-state index >= 15 is 0 Å². The summed E-state index contributed by atoms with van der Waals surface area (Å²) in [6.45, 7) is 1.22. The van der Waals surface area contributed by atoms with Crippen LogP contribution >= 0.6 is 0 Å². The minimum Gasteiger partial charge on any atom is -0.368 e. The van der Waals surface area contributed by atoms with Crippen molar-refractivity contribution in [3.8, 4) is 0 Å². The molecule has 0 bridgehead atoms. The molecule has 2 fully saturated rings.